The van der Waals surface area contributed by atoms with E-state index in [1.54, 1.807) is 0 Å². The summed E-state index contributed by atoms with van der Waals surface area (Å²) in [5.74, 6) is 0. The maximum Gasteiger partial charge on any atom is 0.0688 e. The Morgan fingerprint density at radius 1 is 1.23 bits per heavy atom. The molecule has 0 saturated heterocycles. The van der Waals surface area contributed by atoms with Crippen LogP contribution in [0.4, 0.5) is 0 Å². The maximum atomic E-state index is 4.41. The Labute approximate surface area is 80.2 Å². The molecule has 1 heterocycles. The van der Waals surface area contributed by atoms with E-state index >= 15 is 0 Å². The minimum absolute atomic E-state index is 1.22. The minimum atomic E-state index is 1.22. The lowest BCUT2D eigenvalue weighted by molar-refractivity contribution is 0.710. The Morgan fingerprint density at radius 2 is 2.15 bits per heavy atom. The lowest BCUT2D eigenvalue weighted by atomic mass is 10.0. The lowest BCUT2D eigenvalue weighted by Crippen LogP contribution is -1.98. The minimum Gasteiger partial charge on any atom is -0.256 e. The molecule has 0 bridgehead atoms. The highest BCUT2D eigenvalue weighted by atomic mass is 14.9. The molecule has 1 radical (unpaired) electrons. The molecule has 69 valence electrons. The fourth-order valence-corrected chi connectivity index (χ4v) is 1.97. The van der Waals surface area contributed by atoms with Crippen molar-refractivity contribution in [1.82, 2.24) is 5.32 Å². The van der Waals surface area contributed by atoms with Crippen molar-refractivity contribution in [2.45, 2.75) is 39.0 Å². The predicted molar refractivity (Wildman–Crippen MR) is 55.1 cm³/mol. The van der Waals surface area contributed by atoms with Gasteiger partial charge in [-0.15, -0.1) is 0 Å². The van der Waals surface area contributed by atoms with Gasteiger partial charge in [-0.1, -0.05) is 12.5 Å². The van der Waals surface area contributed by atoms with Crippen molar-refractivity contribution < 1.29 is 0 Å². The van der Waals surface area contributed by atoms with Gasteiger partial charge in [0, 0.05) is 6.20 Å². The first-order valence-corrected chi connectivity index (χ1v) is 5.15. The van der Waals surface area contributed by atoms with Gasteiger partial charge in [0.1, 0.15) is 0 Å². The van der Waals surface area contributed by atoms with E-state index in [2.05, 4.69) is 24.4 Å². The molecule has 0 unspecified atom stereocenters. The summed E-state index contributed by atoms with van der Waals surface area (Å²) in [7, 11) is 0. The van der Waals surface area contributed by atoms with E-state index in [0.717, 1.165) is 0 Å². The van der Waals surface area contributed by atoms with E-state index in [9.17, 15) is 0 Å². The molecule has 2 aliphatic rings. The Morgan fingerprint density at radius 3 is 2.92 bits per heavy atom. The smallest absolute Gasteiger partial charge is 0.0688 e. The average Bonchev–Trinajstić information content (AvgIpc) is 2.43. The van der Waals surface area contributed by atoms with Gasteiger partial charge in [0.2, 0.25) is 0 Å². The van der Waals surface area contributed by atoms with E-state index in [-0.39, 0.29) is 0 Å². The van der Waals surface area contributed by atoms with Gasteiger partial charge in [-0.05, 0) is 49.8 Å². The van der Waals surface area contributed by atoms with Crippen LogP contribution in [0.15, 0.2) is 35.2 Å². The monoisotopic (exact) mass is 174 g/mol. The molecule has 13 heavy (non-hydrogen) atoms. The maximum absolute atomic E-state index is 4.41. The number of allylic oxidation sites excluding steroid dienone is 4. The predicted octanol–water partition coefficient (Wildman–Crippen LogP) is 3.28. The van der Waals surface area contributed by atoms with E-state index in [1.807, 2.05) is 6.20 Å². The molecule has 1 nitrogen and oxygen atoms in total. The molecule has 1 aliphatic heterocycles. The third-order valence-electron chi connectivity index (χ3n) is 2.75. The Balaban J connectivity index is 2.15. The van der Waals surface area contributed by atoms with Crippen LogP contribution in [0.5, 0.6) is 0 Å². The first-order valence-electron chi connectivity index (χ1n) is 5.15. The molecule has 0 spiro atoms. The molecule has 0 N–H and O–H groups in total. The molecule has 1 aliphatic carbocycles. The highest BCUT2D eigenvalue weighted by molar-refractivity contribution is 5.42. The highest BCUT2D eigenvalue weighted by Crippen LogP contribution is 2.26. The molecule has 2 rings (SSSR count). The molecule has 1 heteroatoms. The molecule has 0 saturated carbocycles. The van der Waals surface area contributed by atoms with E-state index in [1.165, 1.54) is 48.9 Å². The summed E-state index contributed by atoms with van der Waals surface area (Å²) < 4.78 is 0. The summed E-state index contributed by atoms with van der Waals surface area (Å²) in [6.45, 7) is 2.15. The summed E-state index contributed by atoms with van der Waals surface area (Å²) in [6, 6.07) is 0. The quantitative estimate of drug-likeness (QED) is 0.579. The summed E-state index contributed by atoms with van der Waals surface area (Å²) in [5, 5.41) is 4.41. The standard InChI is InChI=1S/C12H16N/c1-10-8-9-13-12(10)11-6-4-2-3-5-7-11/h6,8-9H,2-5,7H2,1H3. The van der Waals surface area contributed by atoms with Crippen LogP contribution in [-0.4, -0.2) is 0 Å². The summed E-state index contributed by atoms with van der Waals surface area (Å²) in [6.07, 6.45) is 12.9. The lowest BCUT2D eigenvalue weighted by Gasteiger charge is -2.06. The second kappa shape index (κ2) is 3.82. The zero-order valence-corrected chi connectivity index (χ0v) is 8.21. The highest BCUT2D eigenvalue weighted by Gasteiger charge is 2.12. The molecule has 0 amide bonds. The van der Waals surface area contributed by atoms with Crippen molar-refractivity contribution in [2.75, 3.05) is 0 Å². The number of hydrogen-bond acceptors (Lipinski definition) is 0. The molecule has 0 aromatic rings. The van der Waals surface area contributed by atoms with Crippen molar-refractivity contribution in [1.29, 1.82) is 0 Å². The Bertz CT molecular complexity index is 281. The molecule has 0 aromatic heterocycles. The number of hydrogen-bond donors (Lipinski definition) is 0. The largest absolute Gasteiger partial charge is 0.256 e. The van der Waals surface area contributed by atoms with Crippen molar-refractivity contribution >= 4 is 0 Å². The Kier molecular flexibility index (Phi) is 2.53. The van der Waals surface area contributed by atoms with Crippen LogP contribution >= 0.6 is 0 Å². The fourth-order valence-electron chi connectivity index (χ4n) is 1.97. The Hall–Kier alpha value is -0.980. The zero-order valence-electron chi connectivity index (χ0n) is 8.21. The summed E-state index contributed by atoms with van der Waals surface area (Å²) in [5.41, 5.74) is 4.04. The van der Waals surface area contributed by atoms with Gasteiger partial charge in [0.25, 0.3) is 0 Å². The first kappa shape index (κ1) is 8.61. The van der Waals surface area contributed by atoms with Crippen LogP contribution < -0.4 is 5.32 Å². The normalized spacial score (nSPS) is 22.7. The summed E-state index contributed by atoms with van der Waals surface area (Å²) in [4.78, 5) is 0. The van der Waals surface area contributed by atoms with Gasteiger partial charge < -0.3 is 0 Å². The fraction of sp³-hybridized carbons (Fsp3) is 0.500. The van der Waals surface area contributed by atoms with Gasteiger partial charge >= 0.3 is 0 Å². The first-order chi connectivity index (χ1) is 6.38. The van der Waals surface area contributed by atoms with Crippen LogP contribution in [0, 0.1) is 0 Å². The van der Waals surface area contributed by atoms with Crippen molar-refractivity contribution in [3.63, 3.8) is 0 Å². The molecular weight excluding hydrogens is 158 g/mol. The van der Waals surface area contributed by atoms with Crippen LogP contribution in [0.2, 0.25) is 0 Å². The number of nitrogens with zero attached hydrogens (tertiary/aromatic N) is 1. The van der Waals surface area contributed by atoms with Gasteiger partial charge in [-0.2, -0.15) is 0 Å². The topological polar surface area (TPSA) is 14.1 Å². The van der Waals surface area contributed by atoms with Gasteiger partial charge in [0.15, 0.2) is 0 Å². The third kappa shape index (κ3) is 1.85. The zero-order chi connectivity index (χ0) is 9.10. The molecule has 0 fully saturated rings. The molecule has 0 aromatic carbocycles. The van der Waals surface area contributed by atoms with E-state index in [4.69, 9.17) is 0 Å². The van der Waals surface area contributed by atoms with Gasteiger partial charge in [0.05, 0.1) is 5.70 Å². The van der Waals surface area contributed by atoms with Gasteiger partial charge in [-0.3, -0.25) is 5.32 Å². The molecule has 0 atom stereocenters. The van der Waals surface area contributed by atoms with Crippen LogP contribution in [0.3, 0.4) is 0 Å². The van der Waals surface area contributed by atoms with E-state index in [0.29, 0.717) is 0 Å². The van der Waals surface area contributed by atoms with Crippen molar-refractivity contribution in [3.8, 4) is 0 Å². The van der Waals surface area contributed by atoms with E-state index < -0.39 is 0 Å². The second-order valence-corrected chi connectivity index (χ2v) is 3.81. The molecular formula is C12H16N. The van der Waals surface area contributed by atoms with Crippen LogP contribution in [-0.2, 0) is 0 Å². The summed E-state index contributed by atoms with van der Waals surface area (Å²) >= 11 is 0. The number of rotatable bonds is 1. The van der Waals surface area contributed by atoms with Gasteiger partial charge in [-0.25, -0.2) is 0 Å². The van der Waals surface area contributed by atoms with Crippen molar-refractivity contribution in [2.24, 2.45) is 0 Å². The SMILES string of the molecule is CC1=C(C2=CCCCCC2)[N]C=C1. The van der Waals surface area contributed by atoms with Crippen LogP contribution in [0.25, 0.3) is 0 Å². The van der Waals surface area contributed by atoms with Crippen molar-refractivity contribution in [3.05, 3.63) is 35.2 Å². The average molecular weight is 174 g/mol. The second-order valence-electron chi connectivity index (χ2n) is 3.81. The third-order valence-corrected chi connectivity index (χ3v) is 2.75. The van der Waals surface area contributed by atoms with Crippen LogP contribution in [0.1, 0.15) is 39.0 Å².